The minimum atomic E-state index is 0.0984. The topological polar surface area (TPSA) is 9.23 Å². The van der Waals surface area contributed by atoms with Crippen molar-refractivity contribution < 1.29 is 4.74 Å². The highest BCUT2D eigenvalue weighted by Gasteiger charge is 2.30. The SMILES string of the molecule is C=CC1(C)COC/C1=C/I. The van der Waals surface area contributed by atoms with Crippen LogP contribution in [0.1, 0.15) is 6.92 Å². The Hall–Kier alpha value is 0.170. The van der Waals surface area contributed by atoms with Gasteiger partial charge in [-0.3, -0.25) is 0 Å². The Labute approximate surface area is 75.3 Å². The van der Waals surface area contributed by atoms with Crippen LogP contribution in [0.15, 0.2) is 22.3 Å². The number of hydrogen-bond acceptors (Lipinski definition) is 1. The Morgan fingerprint density at radius 1 is 1.80 bits per heavy atom. The molecule has 1 rings (SSSR count). The Morgan fingerprint density at radius 2 is 2.50 bits per heavy atom. The van der Waals surface area contributed by atoms with E-state index >= 15 is 0 Å². The lowest BCUT2D eigenvalue weighted by molar-refractivity contribution is 0.175. The van der Waals surface area contributed by atoms with E-state index in [0.717, 1.165) is 13.2 Å². The fourth-order valence-corrected chi connectivity index (χ4v) is 1.87. The van der Waals surface area contributed by atoms with E-state index in [1.165, 1.54) is 5.57 Å². The molecule has 10 heavy (non-hydrogen) atoms. The van der Waals surface area contributed by atoms with Crippen LogP contribution in [0.3, 0.4) is 0 Å². The molecule has 0 aliphatic carbocycles. The van der Waals surface area contributed by atoms with Crippen molar-refractivity contribution in [1.29, 1.82) is 0 Å². The summed E-state index contributed by atoms with van der Waals surface area (Å²) in [6.07, 6.45) is 1.96. The van der Waals surface area contributed by atoms with E-state index in [1.54, 1.807) is 0 Å². The van der Waals surface area contributed by atoms with Crippen LogP contribution in [-0.2, 0) is 4.74 Å². The van der Waals surface area contributed by atoms with E-state index < -0.39 is 0 Å². The van der Waals surface area contributed by atoms with Gasteiger partial charge in [0, 0.05) is 5.41 Å². The molecular formula is C8H11IO. The smallest absolute Gasteiger partial charge is 0.0694 e. The van der Waals surface area contributed by atoms with Crippen molar-refractivity contribution in [1.82, 2.24) is 0 Å². The average molecular weight is 250 g/mol. The summed E-state index contributed by atoms with van der Waals surface area (Å²) < 4.78 is 7.40. The zero-order valence-electron chi connectivity index (χ0n) is 6.06. The Bertz CT molecular complexity index is 174. The van der Waals surface area contributed by atoms with Crippen LogP contribution in [0.2, 0.25) is 0 Å². The van der Waals surface area contributed by atoms with Crippen molar-refractivity contribution in [3.63, 3.8) is 0 Å². The first kappa shape index (κ1) is 8.27. The fourth-order valence-electron chi connectivity index (χ4n) is 0.977. The molecule has 0 amide bonds. The van der Waals surface area contributed by atoms with Crippen LogP contribution in [0.4, 0.5) is 0 Å². The molecule has 0 saturated carbocycles. The average Bonchev–Trinajstić information content (AvgIpc) is 2.32. The Morgan fingerprint density at radius 3 is 2.90 bits per heavy atom. The predicted octanol–water partition coefficient (Wildman–Crippen LogP) is 2.53. The molecule has 0 N–H and O–H groups in total. The summed E-state index contributed by atoms with van der Waals surface area (Å²) in [6, 6.07) is 0. The van der Waals surface area contributed by atoms with Gasteiger partial charge < -0.3 is 4.74 Å². The van der Waals surface area contributed by atoms with Crippen molar-refractivity contribution in [3.8, 4) is 0 Å². The summed E-state index contributed by atoms with van der Waals surface area (Å²) in [7, 11) is 0. The zero-order chi connectivity index (χ0) is 7.61. The molecule has 1 fully saturated rings. The molecule has 0 aromatic carbocycles. The quantitative estimate of drug-likeness (QED) is 0.513. The van der Waals surface area contributed by atoms with Gasteiger partial charge in [0.05, 0.1) is 13.2 Å². The molecule has 1 nitrogen and oxygen atoms in total. The molecule has 1 aliphatic rings. The number of halogens is 1. The normalized spacial score (nSPS) is 36.8. The largest absolute Gasteiger partial charge is 0.376 e. The van der Waals surface area contributed by atoms with Crippen molar-refractivity contribution in [2.45, 2.75) is 6.92 Å². The first-order chi connectivity index (χ1) is 4.73. The van der Waals surface area contributed by atoms with Gasteiger partial charge in [0.15, 0.2) is 0 Å². The van der Waals surface area contributed by atoms with E-state index in [9.17, 15) is 0 Å². The second-order valence-electron chi connectivity index (χ2n) is 2.75. The van der Waals surface area contributed by atoms with Gasteiger partial charge in [0.2, 0.25) is 0 Å². The van der Waals surface area contributed by atoms with E-state index in [0.29, 0.717) is 0 Å². The minimum Gasteiger partial charge on any atom is -0.376 e. The molecule has 0 radical (unpaired) electrons. The third-order valence-electron chi connectivity index (χ3n) is 1.98. The molecule has 1 unspecified atom stereocenters. The maximum absolute atomic E-state index is 5.31. The van der Waals surface area contributed by atoms with Crippen LogP contribution >= 0.6 is 22.6 Å². The fraction of sp³-hybridized carbons (Fsp3) is 0.500. The minimum absolute atomic E-state index is 0.0984. The summed E-state index contributed by atoms with van der Waals surface area (Å²) in [6.45, 7) is 7.49. The molecular weight excluding hydrogens is 239 g/mol. The van der Waals surface area contributed by atoms with Crippen molar-refractivity contribution in [2.24, 2.45) is 5.41 Å². The molecule has 1 saturated heterocycles. The third kappa shape index (κ3) is 1.27. The van der Waals surface area contributed by atoms with Gasteiger partial charge >= 0.3 is 0 Å². The van der Waals surface area contributed by atoms with Crippen LogP contribution in [-0.4, -0.2) is 13.2 Å². The van der Waals surface area contributed by atoms with E-state index in [-0.39, 0.29) is 5.41 Å². The van der Waals surface area contributed by atoms with Crippen LogP contribution in [0, 0.1) is 5.41 Å². The summed E-state index contributed by atoms with van der Waals surface area (Å²) in [5.41, 5.74) is 1.43. The molecule has 0 spiro atoms. The molecule has 1 aliphatic heterocycles. The summed E-state index contributed by atoms with van der Waals surface area (Å²) >= 11 is 2.25. The second kappa shape index (κ2) is 3.05. The molecule has 1 heterocycles. The standard InChI is InChI=1S/C8H11IO/c1-3-8(2)6-10-5-7(8)4-9/h3-4H,1,5-6H2,2H3/b7-4-. The first-order valence-electron chi connectivity index (χ1n) is 3.24. The molecule has 2 heteroatoms. The van der Waals surface area contributed by atoms with Crippen molar-refractivity contribution >= 4 is 22.6 Å². The van der Waals surface area contributed by atoms with Gasteiger partial charge in [-0.15, -0.1) is 6.58 Å². The lowest BCUT2D eigenvalue weighted by atomic mass is 9.86. The zero-order valence-corrected chi connectivity index (χ0v) is 8.22. The Balaban J connectivity index is 2.85. The summed E-state index contributed by atoms with van der Waals surface area (Å²) in [5, 5.41) is 0. The van der Waals surface area contributed by atoms with Gasteiger partial charge in [-0.25, -0.2) is 0 Å². The van der Waals surface area contributed by atoms with Crippen LogP contribution < -0.4 is 0 Å². The molecule has 0 aromatic rings. The maximum atomic E-state index is 5.31. The Kier molecular flexibility index (Phi) is 2.52. The molecule has 56 valence electrons. The van der Waals surface area contributed by atoms with Crippen LogP contribution in [0.5, 0.6) is 0 Å². The summed E-state index contributed by atoms with van der Waals surface area (Å²) in [5.74, 6) is 0. The monoisotopic (exact) mass is 250 g/mol. The first-order valence-corrected chi connectivity index (χ1v) is 4.48. The highest BCUT2D eigenvalue weighted by atomic mass is 127. The van der Waals surface area contributed by atoms with Gasteiger partial charge in [-0.05, 0) is 16.6 Å². The van der Waals surface area contributed by atoms with Crippen molar-refractivity contribution in [3.05, 3.63) is 22.3 Å². The molecule has 1 atom stereocenters. The van der Waals surface area contributed by atoms with E-state index in [2.05, 4.69) is 40.2 Å². The number of hydrogen-bond donors (Lipinski definition) is 0. The highest BCUT2D eigenvalue weighted by molar-refractivity contribution is 14.1. The molecule has 0 aromatic heterocycles. The molecule has 0 bridgehead atoms. The van der Waals surface area contributed by atoms with Gasteiger partial charge in [-0.1, -0.05) is 28.7 Å². The number of rotatable bonds is 1. The number of ether oxygens (including phenoxy) is 1. The maximum Gasteiger partial charge on any atom is 0.0694 e. The van der Waals surface area contributed by atoms with Crippen LogP contribution in [0.25, 0.3) is 0 Å². The van der Waals surface area contributed by atoms with E-state index in [1.807, 2.05) is 6.08 Å². The predicted molar refractivity (Wildman–Crippen MR) is 51.2 cm³/mol. The van der Waals surface area contributed by atoms with Gasteiger partial charge in [0.25, 0.3) is 0 Å². The summed E-state index contributed by atoms with van der Waals surface area (Å²) in [4.78, 5) is 0. The van der Waals surface area contributed by atoms with Gasteiger partial charge in [-0.2, -0.15) is 0 Å². The second-order valence-corrected chi connectivity index (χ2v) is 3.37. The van der Waals surface area contributed by atoms with Crippen molar-refractivity contribution in [2.75, 3.05) is 13.2 Å². The highest BCUT2D eigenvalue weighted by Crippen LogP contribution is 2.34. The van der Waals surface area contributed by atoms with E-state index in [4.69, 9.17) is 4.74 Å². The van der Waals surface area contributed by atoms with Gasteiger partial charge in [0.1, 0.15) is 0 Å². The lowest BCUT2D eigenvalue weighted by Gasteiger charge is -2.17. The third-order valence-corrected chi connectivity index (χ3v) is 2.73. The lowest BCUT2D eigenvalue weighted by Crippen LogP contribution is -2.13.